The van der Waals surface area contributed by atoms with Gasteiger partial charge in [-0.3, -0.25) is 0 Å². The van der Waals surface area contributed by atoms with E-state index in [4.69, 9.17) is 4.74 Å². The van der Waals surface area contributed by atoms with Crippen LogP contribution >= 0.6 is 0 Å². The summed E-state index contributed by atoms with van der Waals surface area (Å²) in [5, 5.41) is 2.12. The van der Waals surface area contributed by atoms with E-state index in [0.29, 0.717) is 28.8 Å². The number of nitrogens with zero attached hydrogens (tertiary/aromatic N) is 4. The van der Waals surface area contributed by atoms with Crippen LogP contribution in [0, 0.1) is 30.4 Å². The summed E-state index contributed by atoms with van der Waals surface area (Å²) in [6.45, 7) is 12.4. The second kappa shape index (κ2) is 14.9. The number of fused-ring (bicyclic) bond motifs is 4. The van der Waals surface area contributed by atoms with Crippen LogP contribution in [0.1, 0.15) is 51.7 Å². The van der Waals surface area contributed by atoms with E-state index in [-0.39, 0.29) is 32.2 Å². The summed E-state index contributed by atoms with van der Waals surface area (Å²) in [5.41, 5.74) is 7.70. The van der Waals surface area contributed by atoms with Gasteiger partial charge in [0, 0.05) is 55.7 Å². The molecule has 6 aromatic carbocycles. The van der Waals surface area contributed by atoms with Crippen LogP contribution in [-0.4, -0.2) is 9.55 Å². The van der Waals surface area contributed by atoms with Crippen molar-refractivity contribution in [2.24, 2.45) is 0 Å². The molecule has 57 heavy (non-hydrogen) atoms. The predicted molar refractivity (Wildman–Crippen MR) is 222 cm³/mol. The smallest absolute Gasteiger partial charge is 0.147 e. The summed E-state index contributed by atoms with van der Waals surface area (Å²) in [6, 6.07) is 47.6. The predicted octanol–water partition coefficient (Wildman–Crippen LogP) is 13.3. The van der Waals surface area contributed by atoms with Crippen LogP contribution in [0.15, 0.2) is 134 Å². The van der Waals surface area contributed by atoms with Crippen molar-refractivity contribution in [3.05, 3.63) is 175 Å². The molecular weight excluding hydrogens is 894 g/mol. The van der Waals surface area contributed by atoms with E-state index < -0.39 is 11.6 Å². The molecule has 0 amide bonds. The SMILES string of the molecule is CC(C)c1cccc(-c2cc(Oc3[c-]c4c(cc3)c3ccccc3n4-c3ccccn3)[c-]c(N3[CH-]N(c4c(F)cccc4F)c4cc(C(C)(C)C)ccc43)c2)c1.[Pt]. The molecule has 0 fully saturated rings. The average molecular weight is 933 g/mol. The van der Waals surface area contributed by atoms with Crippen LogP contribution in [0.3, 0.4) is 0 Å². The summed E-state index contributed by atoms with van der Waals surface area (Å²) in [4.78, 5) is 8.18. The van der Waals surface area contributed by atoms with Gasteiger partial charge in [0.1, 0.15) is 17.5 Å². The Balaban J connectivity index is 0.00000455. The summed E-state index contributed by atoms with van der Waals surface area (Å²) in [5.74, 6) is 0.756. The quantitative estimate of drug-likeness (QED) is 0.149. The molecule has 8 aromatic rings. The molecule has 3 heterocycles. The zero-order chi connectivity index (χ0) is 38.7. The average Bonchev–Trinajstić information content (AvgIpc) is 3.73. The number of ether oxygens (including phenoxy) is 1. The first-order chi connectivity index (χ1) is 27.0. The number of benzene rings is 6. The topological polar surface area (TPSA) is 33.5 Å². The second-order valence-corrected chi connectivity index (χ2v) is 15.5. The van der Waals surface area contributed by atoms with Crippen molar-refractivity contribution in [1.82, 2.24) is 9.55 Å². The maximum atomic E-state index is 15.5. The number of hydrogen-bond donors (Lipinski definition) is 0. The molecule has 288 valence electrons. The third-order valence-corrected chi connectivity index (χ3v) is 10.4. The minimum Gasteiger partial charge on any atom is -0.509 e. The Hall–Kier alpha value is -5.78. The van der Waals surface area contributed by atoms with Gasteiger partial charge < -0.3 is 19.1 Å². The molecular formula is C49H39F2N4OPt-3. The van der Waals surface area contributed by atoms with E-state index in [1.165, 1.54) is 23.8 Å². The van der Waals surface area contributed by atoms with Gasteiger partial charge in [-0.25, -0.2) is 13.8 Å². The van der Waals surface area contributed by atoms with Crippen molar-refractivity contribution in [3.63, 3.8) is 0 Å². The van der Waals surface area contributed by atoms with Crippen LogP contribution in [0.5, 0.6) is 11.5 Å². The molecule has 0 spiro atoms. The van der Waals surface area contributed by atoms with E-state index >= 15 is 8.78 Å². The molecule has 2 aromatic heterocycles. The zero-order valence-corrected chi connectivity index (χ0v) is 34.4. The van der Waals surface area contributed by atoms with E-state index in [1.807, 2.05) is 65.6 Å². The number of anilines is 4. The summed E-state index contributed by atoms with van der Waals surface area (Å²) < 4.78 is 39.8. The van der Waals surface area contributed by atoms with Gasteiger partial charge in [-0.15, -0.1) is 53.6 Å². The van der Waals surface area contributed by atoms with E-state index in [0.717, 1.165) is 50.0 Å². The fraction of sp³-hybridized carbons (Fsp3) is 0.143. The van der Waals surface area contributed by atoms with Gasteiger partial charge in [-0.05, 0) is 75.9 Å². The molecule has 1 aliphatic rings. The first-order valence-corrected chi connectivity index (χ1v) is 18.8. The van der Waals surface area contributed by atoms with Gasteiger partial charge in [0.2, 0.25) is 0 Å². The molecule has 0 radical (unpaired) electrons. The minimum absolute atomic E-state index is 0. The van der Waals surface area contributed by atoms with E-state index in [1.54, 1.807) is 17.8 Å². The van der Waals surface area contributed by atoms with Crippen molar-refractivity contribution >= 4 is 44.6 Å². The van der Waals surface area contributed by atoms with Gasteiger partial charge >= 0.3 is 0 Å². The Morgan fingerprint density at radius 2 is 1.46 bits per heavy atom. The minimum atomic E-state index is -0.656. The van der Waals surface area contributed by atoms with Gasteiger partial charge in [-0.1, -0.05) is 101 Å². The Kier molecular flexibility index (Phi) is 9.99. The molecule has 0 saturated heterocycles. The maximum absolute atomic E-state index is 15.5. The number of para-hydroxylation sites is 2. The van der Waals surface area contributed by atoms with Crippen LogP contribution in [-0.2, 0) is 26.5 Å². The number of aromatic nitrogens is 2. The molecule has 0 atom stereocenters. The third-order valence-electron chi connectivity index (χ3n) is 10.4. The van der Waals surface area contributed by atoms with Gasteiger partial charge in [0.25, 0.3) is 0 Å². The zero-order valence-electron chi connectivity index (χ0n) is 32.1. The first kappa shape index (κ1) is 38.1. The van der Waals surface area contributed by atoms with Crippen molar-refractivity contribution in [2.75, 3.05) is 9.80 Å². The molecule has 1 aliphatic heterocycles. The van der Waals surface area contributed by atoms with Crippen LogP contribution in [0.4, 0.5) is 31.5 Å². The first-order valence-electron chi connectivity index (χ1n) is 18.8. The van der Waals surface area contributed by atoms with Crippen LogP contribution in [0.25, 0.3) is 38.8 Å². The number of halogens is 2. The normalized spacial score (nSPS) is 12.7. The molecule has 0 unspecified atom stereocenters. The van der Waals surface area contributed by atoms with Crippen LogP contribution < -0.4 is 14.5 Å². The standard InChI is InChI=1S/C49H39F2N4O.Pt/c1-31(2)32-12-10-13-33(24-32)34-25-36(53-30-54(48-41(50)15-11-16-42(48)51)46-27-35(49(3,4)5)19-22-44(46)53)28-38(26-34)56-37-20-21-40-39-14-6-7-17-43(39)55(45(40)29-37)47-18-8-9-23-52-47;/h6-27,30-31H,1-5H3;/q-3;. The third kappa shape index (κ3) is 6.99. The number of rotatable bonds is 7. The molecule has 0 aliphatic carbocycles. The Morgan fingerprint density at radius 3 is 2.21 bits per heavy atom. The van der Waals surface area contributed by atoms with Gasteiger partial charge in [0.15, 0.2) is 0 Å². The van der Waals surface area contributed by atoms with Crippen molar-refractivity contribution in [2.45, 2.75) is 46.0 Å². The molecule has 9 rings (SSSR count). The molecule has 0 bridgehead atoms. The fourth-order valence-electron chi connectivity index (χ4n) is 7.45. The fourth-order valence-corrected chi connectivity index (χ4v) is 7.45. The summed E-state index contributed by atoms with van der Waals surface area (Å²) in [6.07, 6.45) is 1.78. The van der Waals surface area contributed by atoms with Crippen molar-refractivity contribution in [1.29, 1.82) is 0 Å². The molecule has 0 saturated carbocycles. The second-order valence-electron chi connectivity index (χ2n) is 15.5. The Labute approximate surface area is 346 Å². The number of pyridine rings is 1. The maximum Gasteiger partial charge on any atom is 0.147 e. The molecule has 8 heteroatoms. The van der Waals surface area contributed by atoms with Gasteiger partial charge in [0.05, 0.1) is 5.69 Å². The van der Waals surface area contributed by atoms with E-state index in [2.05, 4.69) is 105 Å². The molecule has 0 N–H and O–H groups in total. The van der Waals surface area contributed by atoms with E-state index in [9.17, 15) is 0 Å². The van der Waals surface area contributed by atoms with Gasteiger partial charge in [-0.2, -0.15) is 6.07 Å². The van der Waals surface area contributed by atoms with Crippen LogP contribution in [0.2, 0.25) is 0 Å². The van der Waals surface area contributed by atoms with Crippen molar-refractivity contribution < 1.29 is 34.6 Å². The largest absolute Gasteiger partial charge is 0.509 e. The Morgan fingerprint density at radius 1 is 0.684 bits per heavy atom. The Bertz CT molecular complexity index is 2750. The summed E-state index contributed by atoms with van der Waals surface area (Å²) >= 11 is 0. The molecule has 5 nitrogen and oxygen atoms in total. The summed E-state index contributed by atoms with van der Waals surface area (Å²) in [7, 11) is 0. The van der Waals surface area contributed by atoms with Crippen molar-refractivity contribution in [3.8, 4) is 28.4 Å². The monoisotopic (exact) mass is 932 g/mol. The number of hydrogen-bond acceptors (Lipinski definition) is 4.